The van der Waals surface area contributed by atoms with Crippen molar-refractivity contribution in [2.24, 2.45) is 0 Å². The molecule has 86 valence electrons. The molecule has 0 atom stereocenters. The zero-order valence-electron chi connectivity index (χ0n) is 7.76. The van der Waals surface area contributed by atoms with Gasteiger partial charge in [0.2, 0.25) is 5.91 Å². The maximum Gasteiger partial charge on any atom is 0.312 e. The highest BCUT2D eigenvalue weighted by Crippen LogP contribution is 2.33. The van der Waals surface area contributed by atoms with Crippen LogP contribution in [0, 0.1) is 0 Å². The Balaban J connectivity index is 2.82. The Labute approximate surface area is 117 Å². The number of rotatable bonds is 3. The molecule has 0 saturated carbocycles. The van der Waals surface area contributed by atoms with Crippen LogP contribution in [-0.4, -0.2) is 17.0 Å². The second kappa shape index (κ2) is 5.79. The van der Waals surface area contributed by atoms with E-state index in [1.165, 1.54) is 0 Å². The number of nitrogens with one attached hydrogen (secondary N) is 1. The van der Waals surface area contributed by atoms with Crippen LogP contribution in [0.5, 0.6) is 0 Å². The van der Waals surface area contributed by atoms with Crippen LogP contribution in [0.25, 0.3) is 0 Å². The molecule has 0 spiro atoms. The van der Waals surface area contributed by atoms with Crippen LogP contribution in [0.2, 0.25) is 0 Å². The van der Waals surface area contributed by atoms with Crippen LogP contribution >= 0.6 is 47.8 Å². The van der Waals surface area contributed by atoms with Crippen molar-refractivity contribution >= 4 is 65.4 Å². The number of benzene rings is 1. The lowest BCUT2D eigenvalue weighted by molar-refractivity contribution is -0.139. The summed E-state index contributed by atoms with van der Waals surface area (Å²) in [5.41, 5.74) is 0.521. The Morgan fingerprint density at radius 3 is 2.12 bits per heavy atom. The van der Waals surface area contributed by atoms with E-state index in [0.29, 0.717) is 5.69 Å². The van der Waals surface area contributed by atoms with E-state index < -0.39 is 18.3 Å². The van der Waals surface area contributed by atoms with Gasteiger partial charge in [-0.2, -0.15) is 0 Å². The molecule has 2 N–H and O–H groups in total. The summed E-state index contributed by atoms with van der Waals surface area (Å²) in [5.74, 6) is -1.72. The van der Waals surface area contributed by atoms with Gasteiger partial charge in [-0.15, -0.1) is 0 Å². The number of carbonyl (C=O) groups excluding carboxylic acids is 1. The highest BCUT2D eigenvalue weighted by molar-refractivity contribution is 9.14. The third-order valence-corrected chi connectivity index (χ3v) is 4.75. The summed E-state index contributed by atoms with van der Waals surface area (Å²) < 4.78 is 2.34. The molecule has 7 heteroatoms. The van der Waals surface area contributed by atoms with Gasteiger partial charge in [-0.3, -0.25) is 9.59 Å². The number of carbonyl (C=O) groups is 2. The molecule has 0 aliphatic rings. The van der Waals surface area contributed by atoms with Crippen molar-refractivity contribution in [1.29, 1.82) is 0 Å². The first-order chi connectivity index (χ1) is 7.40. The molecule has 0 aliphatic carbocycles. The minimum atomic E-state index is -1.16. The molecule has 0 unspecified atom stereocenters. The fraction of sp³-hybridized carbons (Fsp3) is 0.111. The molecule has 1 aromatic carbocycles. The number of hydrogen-bond acceptors (Lipinski definition) is 2. The van der Waals surface area contributed by atoms with E-state index in [-0.39, 0.29) is 0 Å². The summed E-state index contributed by atoms with van der Waals surface area (Å²) in [6.45, 7) is 0. The second-order valence-electron chi connectivity index (χ2n) is 2.87. The average molecular weight is 416 g/mol. The normalized spacial score (nSPS) is 9.94. The number of halogens is 3. The number of aliphatic carboxylic acids is 1. The summed E-state index contributed by atoms with van der Waals surface area (Å²) in [5, 5.41) is 10.9. The minimum Gasteiger partial charge on any atom is -0.481 e. The van der Waals surface area contributed by atoms with E-state index in [0.717, 1.165) is 13.4 Å². The third-order valence-electron chi connectivity index (χ3n) is 1.58. The summed E-state index contributed by atoms with van der Waals surface area (Å²) in [6.07, 6.45) is -0.550. The predicted molar refractivity (Wildman–Crippen MR) is 70.4 cm³/mol. The fourth-order valence-electron chi connectivity index (χ4n) is 0.970. The molecule has 1 amide bonds. The van der Waals surface area contributed by atoms with Crippen molar-refractivity contribution in [3.63, 3.8) is 0 Å². The molecule has 1 aromatic rings. The first kappa shape index (κ1) is 13.7. The monoisotopic (exact) mass is 413 g/mol. The van der Waals surface area contributed by atoms with Crippen molar-refractivity contribution < 1.29 is 14.7 Å². The van der Waals surface area contributed by atoms with Gasteiger partial charge in [0.1, 0.15) is 6.42 Å². The van der Waals surface area contributed by atoms with Crippen molar-refractivity contribution in [2.75, 3.05) is 5.32 Å². The number of anilines is 1. The zero-order chi connectivity index (χ0) is 12.3. The highest BCUT2D eigenvalue weighted by Gasteiger charge is 2.10. The van der Waals surface area contributed by atoms with Crippen molar-refractivity contribution in [2.45, 2.75) is 6.42 Å². The first-order valence-electron chi connectivity index (χ1n) is 4.06. The van der Waals surface area contributed by atoms with Gasteiger partial charge in [0, 0.05) is 19.1 Å². The Hall–Kier alpha value is -0.400. The van der Waals surface area contributed by atoms with Crippen molar-refractivity contribution in [3.05, 3.63) is 25.6 Å². The highest BCUT2D eigenvalue weighted by atomic mass is 79.9. The first-order valence-corrected chi connectivity index (χ1v) is 6.44. The smallest absolute Gasteiger partial charge is 0.312 e. The molecular weight excluding hydrogens is 410 g/mol. The van der Waals surface area contributed by atoms with Gasteiger partial charge in [-0.1, -0.05) is 0 Å². The van der Waals surface area contributed by atoms with Gasteiger partial charge < -0.3 is 10.4 Å². The molecule has 1 rings (SSSR count). The standard InChI is InChI=1S/C9H6Br3NO3/c10-5-1-4(2-6(11)9(5)12)13-7(14)3-8(15)16/h1-2H,3H2,(H,13,14)(H,15,16). The summed E-state index contributed by atoms with van der Waals surface area (Å²) in [4.78, 5) is 21.5. The molecule has 0 saturated heterocycles. The van der Waals surface area contributed by atoms with Gasteiger partial charge in [-0.25, -0.2) is 0 Å². The zero-order valence-corrected chi connectivity index (χ0v) is 12.5. The molecule has 0 heterocycles. The van der Waals surface area contributed by atoms with Crippen LogP contribution in [-0.2, 0) is 9.59 Å². The van der Waals surface area contributed by atoms with E-state index >= 15 is 0 Å². The topological polar surface area (TPSA) is 66.4 Å². The number of carboxylic acid groups (broad SMARTS) is 1. The van der Waals surface area contributed by atoms with Crippen molar-refractivity contribution in [1.82, 2.24) is 0 Å². The number of amides is 1. The molecule has 0 aliphatic heterocycles. The molecule has 16 heavy (non-hydrogen) atoms. The number of carboxylic acids is 1. The maximum atomic E-state index is 11.2. The largest absolute Gasteiger partial charge is 0.481 e. The van der Waals surface area contributed by atoms with Crippen LogP contribution in [0.1, 0.15) is 6.42 Å². The minimum absolute atomic E-state index is 0.521. The van der Waals surface area contributed by atoms with Crippen LogP contribution in [0.15, 0.2) is 25.6 Å². The van der Waals surface area contributed by atoms with E-state index in [4.69, 9.17) is 5.11 Å². The fourth-order valence-corrected chi connectivity index (χ4v) is 2.39. The molecule has 0 radical (unpaired) electrons. The summed E-state index contributed by atoms with van der Waals surface area (Å²) in [6, 6.07) is 3.35. The van der Waals surface area contributed by atoms with E-state index in [2.05, 4.69) is 53.1 Å². The molecule has 0 fully saturated rings. The predicted octanol–water partition coefficient (Wildman–Crippen LogP) is 3.39. The molecule has 0 bridgehead atoms. The lowest BCUT2D eigenvalue weighted by Crippen LogP contribution is -2.15. The van der Waals surface area contributed by atoms with E-state index in [1.54, 1.807) is 12.1 Å². The molecular formula is C9H6Br3NO3. The van der Waals surface area contributed by atoms with E-state index in [9.17, 15) is 9.59 Å². The van der Waals surface area contributed by atoms with Crippen LogP contribution in [0.4, 0.5) is 5.69 Å². The number of hydrogen-bond donors (Lipinski definition) is 2. The van der Waals surface area contributed by atoms with Gasteiger partial charge in [0.15, 0.2) is 0 Å². The van der Waals surface area contributed by atoms with Crippen LogP contribution < -0.4 is 5.32 Å². The average Bonchev–Trinajstić information content (AvgIpc) is 2.12. The third kappa shape index (κ3) is 3.88. The lowest BCUT2D eigenvalue weighted by atomic mass is 10.3. The quantitative estimate of drug-likeness (QED) is 0.587. The Bertz CT molecular complexity index is 425. The lowest BCUT2D eigenvalue weighted by Gasteiger charge is -2.07. The van der Waals surface area contributed by atoms with Gasteiger partial charge in [0.05, 0.1) is 0 Å². The Morgan fingerprint density at radius 1 is 1.19 bits per heavy atom. The maximum absolute atomic E-state index is 11.2. The van der Waals surface area contributed by atoms with Gasteiger partial charge >= 0.3 is 5.97 Å². The Morgan fingerprint density at radius 2 is 1.69 bits per heavy atom. The second-order valence-corrected chi connectivity index (χ2v) is 5.37. The van der Waals surface area contributed by atoms with Gasteiger partial charge in [0.25, 0.3) is 0 Å². The Kier molecular flexibility index (Phi) is 4.94. The molecule has 4 nitrogen and oxygen atoms in total. The van der Waals surface area contributed by atoms with Crippen molar-refractivity contribution in [3.8, 4) is 0 Å². The SMILES string of the molecule is O=C(O)CC(=O)Nc1cc(Br)c(Br)c(Br)c1. The van der Waals surface area contributed by atoms with Gasteiger partial charge in [-0.05, 0) is 59.9 Å². The summed E-state index contributed by atoms with van der Waals surface area (Å²) >= 11 is 9.91. The van der Waals surface area contributed by atoms with Crippen LogP contribution in [0.3, 0.4) is 0 Å². The molecule has 0 aromatic heterocycles. The van der Waals surface area contributed by atoms with E-state index in [1.807, 2.05) is 0 Å². The summed E-state index contributed by atoms with van der Waals surface area (Å²) in [7, 11) is 0.